The van der Waals surface area contributed by atoms with E-state index in [9.17, 15) is 0 Å². The van der Waals surface area contributed by atoms with Gasteiger partial charge in [0.25, 0.3) is 5.22 Å². The van der Waals surface area contributed by atoms with Gasteiger partial charge in [0.1, 0.15) is 0 Å². The zero-order valence-electron chi connectivity index (χ0n) is 16.5. The van der Waals surface area contributed by atoms with Gasteiger partial charge < -0.3 is 8.83 Å². The molecule has 0 aliphatic heterocycles. The Morgan fingerprint density at radius 1 is 0.897 bits per heavy atom. The summed E-state index contributed by atoms with van der Waals surface area (Å²) in [4.78, 5) is 0. The number of hydrogen-bond acceptors (Lipinski definition) is 7. The van der Waals surface area contributed by atoms with E-state index in [-0.39, 0.29) is 10.7 Å². The topological polar surface area (TPSA) is 77.8 Å². The molecule has 2 aromatic heterocycles. The molecule has 4 aliphatic carbocycles. The van der Waals surface area contributed by atoms with Gasteiger partial charge in [-0.25, -0.2) is 0 Å². The minimum atomic E-state index is -0.0513. The molecule has 7 heteroatoms. The largest absolute Gasteiger partial charge is 0.419 e. The fourth-order valence-electron chi connectivity index (χ4n) is 6.14. The fraction of sp³-hybridized carbons (Fsp3) is 0.545. The van der Waals surface area contributed by atoms with E-state index in [0.717, 1.165) is 29.2 Å². The first-order valence-electron chi connectivity index (χ1n) is 10.6. The van der Waals surface area contributed by atoms with E-state index in [0.29, 0.717) is 17.0 Å². The minimum Gasteiger partial charge on any atom is -0.419 e. The fourth-order valence-corrected chi connectivity index (χ4v) is 6.86. The molecule has 0 radical (unpaired) electrons. The zero-order valence-corrected chi connectivity index (χ0v) is 17.3. The molecule has 2 heterocycles. The molecule has 3 aromatic rings. The molecule has 150 valence electrons. The molecule has 6 nitrogen and oxygen atoms in total. The Balaban J connectivity index is 1.19. The van der Waals surface area contributed by atoms with Crippen LogP contribution >= 0.6 is 11.8 Å². The summed E-state index contributed by atoms with van der Waals surface area (Å²) in [6.07, 6.45) is 7.91. The van der Waals surface area contributed by atoms with Crippen molar-refractivity contribution in [2.75, 3.05) is 0 Å². The van der Waals surface area contributed by atoms with Crippen LogP contribution in [-0.2, 0) is 5.41 Å². The highest BCUT2D eigenvalue weighted by atomic mass is 32.2. The lowest BCUT2D eigenvalue weighted by molar-refractivity contribution is -0.0191. The van der Waals surface area contributed by atoms with E-state index < -0.39 is 0 Å². The summed E-state index contributed by atoms with van der Waals surface area (Å²) in [5, 5.41) is 17.8. The van der Waals surface area contributed by atoms with Crippen LogP contribution in [0.5, 0.6) is 0 Å². The Kier molecular flexibility index (Phi) is 4.08. The van der Waals surface area contributed by atoms with Gasteiger partial charge >= 0.3 is 0 Å². The lowest BCUT2D eigenvalue weighted by atomic mass is 9.49. The van der Waals surface area contributed by atoms with Gasteiger partial charge in [0.2, 0.25) is 17.7 Å². The van der Waals surface area contributed by atoms with E-state index in [1.54, 1.807) is 0 Å². The third-order valence-corrected chi connectivity index (χ3v) is 7.91. The van der Waals surface area contributed by atoms with Crippen molar-refractivity contribution in [2.24, 2.45) is 17.8 Å². The van der Waals surface area contributed by atoms with E-state index in [1.807, 2.05) is 37.3 Å². The standard InChI is InChI=1S/C22H24N4O2S/c1-13(18-23-24-19(27-18)17-5-3-2-4-6-17)29-21-26-25-20(28-21)22-10-14-7-15(11-22)9-16(8-14)12-22/h2-6,13-16H,7-12H2,1H3/t13-,14?,15?,16?,22?/m0/s1. The monoisotopic (exact) mass is 408 g/mol. The van der Waals surface area contributed by atoms with Crippen LogP contribution in [0, 0.1) is 17.8 Å². The van der Waals surface area contributed by atoms with Gasteiger partial charge in [-0.2, -0.15) is 0 Å². The van der Waals surface area contributed by atoms with Crippen molar-refractivity contribution >= 4 is 11.8 Å². The van der Waals surface area contributed by atoms with Crippen LogP contribution in [0.25, 0.3) is 11.5 Å². The summed E-state index contributed by atoms with van der Waals surface area (Å²) in [5.41, 5.74) is 1.06. The van der Waals surface area contributed by atoms with Crippen LogP contribution in [0.15, 0.2) is 44.4 Å². The average molecular weight is 409 g/mol. The number of benzene rings is 1. The van der Waals surface area contributed by atoms with Gasteiger partial charge in [-0.15, -0.1) is 20.4 Å². The number of aromatic nitrogens is 4. The third kappa shape index (κ3) is 3.10. The Morgan fingerprint density at radius 2 is 1.59 bits per heavy atom. The highest BCUT2D eigenvalue weighted by Gasteiger charge is 2.54. The summed E-state index contributed by atoms with van der Waals surface area (Å²) in [6, 6.07) is 9.82. The molecule has 29 heavy (non-hydrogen) atoms. The molecular weight excluding hydrogens is 384 g/mol. The highest BCUT2D eigenvalue weighted by molar-refractivity contribution is 7.99. The minimum absolute atomic E-state index is 0.0513. The lowest BCUT2D eigenvalue weighted by Crippen LogP contribution is -2.48. The van der Waals surface area contributed by atoms with E-state index >= 15 is 0 Å². The van der Waals surface area contributed by atoms with E-state index in [1.165, 1.54) is 50.3 Å². The smallest absolute Gasteiger partial charge is 0.277 e. The average Bonchev–Trinajstić information content (AvgIpc) is 3.38. The van der Waals surface area contributed by atoms with E-state index in [2.05, 4.69) is 20.4 Å². The molecule has 0 spiro atoms. The molecule has 4 bridgehead atoms. The molecule has 1 aromatic carbocycles. The molecule has 0 saturated heterocycles. The maximum Gasteiger partial charge on any atom is 0.277 e. The van der Waals surface area contributed by atoms with Gasteiger partial charge in [-0.05, 0) is 75.3 Å². The molecule has 4 saturated carbocycles. The Hall–Kier alpha value is -2.15. The Labute approximate surface area is 173 Å². The Morgan fingerprint density at radius 3 is 2.28 bits per heavy atom. The normalized spacial score (nSPS) is 31.3. The van der Waals surface area contributed by atoms with Crippen molar-refractivity contribution in [3.8, 4) is 11.5 Å². The van der Waals surface area contributed by atoms with Crippen molar-refractivity contribution in [3.63, 3.8) is 0 Å². The van der Waals surface area contributed by atoms with E-state index in [4.69, 9.17) is 8.83 Å². The molecular formula is C22H24N4O2S. The predicted octanol–water partition coefficient (Wildman–Crippen LogP) is 5.44. The molecule has 0 unspecified atom stereocenters. The molecule has 7 rings (SSSR count). The van der Waals surface area contributed by atoms with Crippen LogP contribution in [0.3, 0.4) is 0 Å². The zero-order chi connectivity index (χ0) is 19.4. The molecule has 0 amide bonds. The van der Waals surface area contributed by atoms with Crippen LogP contribution in [0.1, 0.15) is 62.5 Å². The maximum atomic E-state index is 6.20. The van der Waals surface area contributed by atoms with Gasteiger partial charge in [0.05, 0.1) is 5.25 Å². The maximum absolute atomic E-state index is 6.20. The number of thioether (sulfide) groups is 1. The van der Waals surface area contributed by atoms with Crippen molar-refractivity contribution in [1.29, 1.82) is 0 Å². The van der Waals surface area contributed by atoms with Crippen LogP contribution < -0.4 is 0 Å². The summed E-state index contributed by atoms with van der Waals surface area (Å²) in [7, 11) is 0. The quantitative estimate of drug-likeness (QED) is 0.520. The first-order valence-corrected chi connectivity index (χ1v) is 11.4. The molecule has 1 atom stereocenters. The Bertz CT molecular complexity index is 979. The molecule has 4 aliphatic rings. The lowest BCUT2D eigenvalue weighted by Gasteiger charge is -2.55. The van der Waals surface area contributed by atoms with Gasteiger partial charge in [0, 0.05) is 11.0 Å². The number of rotatable bonds is 5. The van der Waals surface area contributed by atoms with Crippen molar-refractivity contribution in [2.45, 2.75) is 61.3 Å². The third-order valence-electron chi connectivity index (χ3n) is 6.99. The van der Waals surface area contributed by atoms with Crippen LogP contribution in [0.2, 0.25) is 0 Å². The van der Waals surface area contributed by atoms with Gasteiger partial charge in [-0.1, -0.05) is 30.0 Å². The van der Waals surface area contributed by atoms with Crippen LogP contribution in [0.4, 0.5) is 0 Å². The summed E-state index contributed by atoms with van der Waals surface area (Å²) in [5.74, 6) is 4.55. The second kappa shape index (κ2) is 6.69. The summed E-state index contributed by atoms with van der Waals surface area (Å²) in [6.45, 7) is 2.03. The molecule has 4 fully saturated rings. The van der Waals surface area contributed by atoms with Gasteiger partial charge in [0.15, 0.2) is 0 Å². The predicted molar refractivity (Wildman–Crippen MR) is 108 cm³/mol. The second-order valence-electron chi connectivity index (χ2n) is 9.14. The van der Waals surface area contributed by atoms with Crippen molar-refractivity contribution in [3.05, 3.63) is 42.1 Å². The van der Waals surface area contributed by atoms with Gasteiger partial charge in [-0.3, -0.25) is 0 Å². The summed E-state index contributed by atoms with van der Waals surface area (Å²) >= 11 is 1.49. The van der Waals surface area contributed by atoms with Crippen LogP contribution in [-0.4, -0.2) is 20.4 Å². The van der Waals surface area contributed by atoms with Crippen molar-refractivity contribution < 1.29 is 8.83 Å². The number of hydrogen-bond donors (Lipinski definition) is 0. The highest BCUT2D eigenvalue weighted by Crippen LogP contribution is 2.60. The first kappa shape index (κ1) is 17.7. The molecule has 0 N–H and O–H groups in total. The first-order chi connectivity index (χ1) is 14.2. The summed E-state index contributed by atoms with van der Waals surface area (Å²) < 4.78 is 12.1. The SMILES string of the molecule is C[C@H](Sc1nnc(C23CC4CC(CC(C4)C2)C3)o1)c1nnc(-c2ccccc2)o1. The number of nitrogens with zero attached hydrogens (tertiary/aromatic N) is 4. The second-order valence-corrected chi connectivity index (χ2v) is 10.4. The van der Waals surface area contributed by atoms with Crippen molar-refractivity contribution in [1.82, 2.24) is 20.4 Å².